The van der Waals surface area contributed by atoms with Crippen molar-refractivity contribution in [1.29, 1.82) is 0 Å². The van der Waals surface area contributed by atoms with Gasteiger partial charge in [-0.3, -0.25) is 9.78 Å². The van der Waals surface area contributed by atoms with E-state index in [4.69, 9.17) is 0 Å². The van der Waals surface area contributed by atoms with Gasteiger partial charge in [-0.1, -0.05) is 6.07 Å². The van der Waals surface area contributed by atoms with Gasteiger partial charge in [0.05, 0.1) is 21.3 Å². The van der Waals surface area contributed by atoms with Crippen molar-refractivity contribution in [3.8, 4) is 0 Å². The summed E-state index contributed by atoms with van der Waals surface area (Å²) >= 11 is 1.45. The van der Waals surface area contributed by atoms with E-state index in [9.17, 15) is 18.7 Å². The fourth-order valence-electron chi connectivity index (χ4n) is 2.19. The Kier molecular flexibility index (Phi) is 4.31. The number of aliphatic hydroxyl groups is 1. The Hall–Kier alpha value is -2.38. The molecule has 23 heavy (non-hydrogen) atoms. The van der Waals surface area contributed by atoms with Gasteiger partial charge in [-0.2, -0.15) is 0 Å². The SMILES string of the molecule is O=C(NC[C@@H](O)c1c(F)cccc1F)c1cnc2ccsc2c1. The van der Waals surface area contributed by atoms with Crippen LogP contribution in [0.5, 0.6) is 0 Å². The second-order valence-corrected chi connectivity index (χ2v) is 5.84. The minimum Gasteiger partial charge on any atom is -0.386 e. The highest BCUT2D eigenvalue weighted by atomic mass is 32.1. The van der Waals surface area contributed by atoms with E-state index in [0.717, 1.165) is 22.3 Å². The van der Waals surface area contributed by atoms with Gasteiger partial charge in [0.15, 0.2) is 0 Å². The van der Waals surface area contributed by atoms with Gasteiger partial charge >= 0.3 is 0 Å². The number of carbonyl (C=O) groups is 1. The molecule has 0 radical (unpaired) electrons. The highest BCUT2D eigenvalue weighted by molar-refractivity contribution is 7.17. The molecule has 3 rings (SSSR count). The van der Waals surface area contributed by atoms with Gasteiger partial charge in [0, 0.05) is 12.7 Å². The van der Waals surface area contributed by atoms with Gasteiger partial charge in [-0.05, 0) is 29.6 Å². The third kappa shape index (κ3) is 3.20. The van der Waals surface area contributed by atoms with Crippen molar-refractivity contribution in [2.24, 2.45) is 0 Å². The van der Waals surface area contributed by atoms with Crippen LogP contribution in [0.2, 0.25) is 0 Å². The molecule has 0 aliphatic rings. The molecule has 1 aromatic carbocycles. The number of amides is 1. The monoisotopic (exact) mass is 334 g/mol. The molecule has 1 atom stereocenters. The second-order valence-electron chi connectivity index (χ2n) is 4.89. The van der Waals surface area contributed by atoms with Crippen LogP contribution in [-0.2, 0) is 0 Å². The van der Waals surface area contributed by atoms with E-state index in [2.05, 4.69) is 10.3 Å². The van der Waals surface area contributed by atoms with Crippen molar-refractivity contribution < 1.29 is 18.7 Å². The van der Waals surface area contributed by atoms with Crippen LogP contribution in [0.3, 0.4) is 0 Å². The first-order valence-corrected chi connectivity index (χ1v) is 7.67. The number of carbonyl (C=O) groups excluding carboxylic acids is 1. The lowest BCUT2D eigenvalue weighted by atomic mass is 10.1. The molecule has 0 aliphatic heterocycles. The lowest BCUT2D eigenvalue weighted by molar-refractivity contribution is 0.0911. The highest BCUT2D eigenvalue weighted by Gasteiger charge is 2.19. The quantitative estimate of drug-likeness (QED) is 0.771. The van der Waals surface area contributed by atoms with Crippen molar-refractivity contribution >= 4 is 27.5 Å². The molecule has 0 unspecified atom stereocenters. The molecular formula is C16H12F2N2O2S. The van der Waals surface area contributed by atoms with Crippen molar-refractivity contribution in [2.75, 3.05) is 6.54 Å². The summed E-state index contributed by atoms with van der Waals surface area (Å²) in [7, 11) is 0. The molecule has 0 saturated heterocycles. The van der Waals surface area contributed by atoms with E-state index in [-0.39, 0.29) is 6.54 Å². The number of pyridine rings is 1. The fourth-order valence-corrected chi connectivity index (χ4v) is 2.97. The zero-order valence-electron chi connectivity index (χ0n) is 11.8. The Morgan fingerprint density at radius 3 is 2.78 bits per heavy atom. The molecule has 0 aliphatic carbocycles. The van der Waals surface area contributed by atoms with Crippen LogP contribution in [0, 0.1) is 11.6 Å². The van der Waals surface area contributed by atoms with Crippen molar-refractivity contribution in [3.63, 3.8) is 0 Å². The zero-order chi connectivity index (χ0) is 16.4. The molecule has 2 N–H and O–H groups in total. The van der Waals surface area contributed by atoms with Crippen LogP contribution in [0.25, 0.3) is 10.2 Å². The number of rotatable bonds is 4. The molecule has 4 nitrogen and oxygen atoms in total. The van der Waals surface area contributed by atoms with Gasteiger partial charge in [-0.25, -0.2) is 8.78 Å². The van der Waals surface area contributed by atoms with Crippen molar-refractivity contribution in [1.82, 2.24) is 10.3 Å². The fraction of sp³-hybridized carbons (Fsp3) is 0.125. The zero-order valence-corrected chi connectivity index (χ0v) is 12.6. The molecule has 1 amide bonds. The van der Waals surface area contributed by atoms with Gasteiger partial charge in [-0.15, -0.1) is 11.3 Å². The van der Waals surface area contributed by atoms with Crippen LogP contribution in [0.1, 0.15) is 22.0 Å². The molecule has 2 heterocycles. The number of halogens is 2. The van der Waals surface area contributed by atoms with Crippen LogP contribution in [-0.4, -0.2) is 22.5 Å². The number of thiophene rings is 1. The third-order valence-electron chi connectivity index (χ3n) is 3.35. The summed E-state index contributed by atoms with van der Waals surface area (Å²) in [4.78, 5) is 16.2. The summed E-state index contributed by atoms with van der Waals surface area (Å²) in [5.41, 5.74) is 0.654. The number of fused-ring (bicyclic) bond motifs is 1. The molecular weight excluding hydrogens is 322 g/mol. The number of aromatic nitrogens is 1. The largest absolute Gasteiger partial charge is 0.386 e. The van der Waals surface area contributed by atoms with E-state index in [0.29, 0.717) is 5.56 Å². The predicted octanol–water partition coefficient (Wildman–Crippen LogP) is 3.04. The standard InChI is InChI=1S/C16H12F2N2O2S/c17-10-2-1-3-11(18)15(10)13(21)8-20-16(22)9-6-14-12(19-7-9)4-5-23-14/h1-7,13,21H,8H2,(H,20,22)/t13-/m1/s1. The minimum atomic E-state index is -1.47. The number of hydrogen-bond donors (Lipinski definition) is 2. The number of nitrogens with zero attached hydrogens (tertiary/aromatic N) is 1. The molecule has 0 bridgehead atoms. The highest BCUT2D eigenvalue weighted by Crippen LogP contribution is 2.21. The Morgan fingerprint density at radius 2 is 2.04 bits per heavy atom. The molecule has 3 aromatic rings. The smallest absolute Gasteiger partial charge is 0.252 e. The molecule has 0 spiro atoms. The molecule has 0 saturated carbocycles. The first-order valence-electron chi connectivity index (χ1n) is 6.79. The van der Waals surface area contributed by atoms with Crippen LogP contribution >= 0.6 is 11.3 Å². The van der Waals surface area contributed by atoms with Crippen LogP contribution in [0.15, 0.2) is 41.9 Å². The van der Waals surface area contributed by atoms with Gasteiger partial charge in [0.25, 0.3) is 5.91 Å². The summed E-state index contributed by atoms with van der Waals surface area (Å²) in [6, 6.07) is 6.84. The number of benzene rings is 1. The van der Waals surface area contributed by atoms with E-state index >= 15 is 0 Å². The maximum absolute atomic E-state index is 13.6. The van der Waals surface area contributed by atoms with Crippen LogP contribution < -0.4 is 5.32 Å². The second kappa shape index (κ2) is 6.39. The molecule has 118 valence electrons. The van der Waals surface area contributed by atoms with Crippen molar-refractivity contribution in [2.45, 2.75) is 6.10 Å². The summed E-state index contributed by atoms with van der Waals surface area (Å²) in [5, 5.41) is 14.2. The Bertz CT molecular complexity index is 846. The Morgan fingerprint density at radius 1 is 1.30 bits per heavy atom. The minimum absolute atomic E-state index is 0.306. The lowest BCUT2D eigenvalue weighted by Crippen LogP contribution is -2.29. The maximum atomic E-state index is 13.6. The number of nitrogens with one attached hydrogen (secondary N) is 1. The Balaban J connectivity index is 1.71. The first-order chi connectivity index (χ1) is 11.1. The van der Waals surface area contributed by atoms with Gasteiger partial charge in [0.1, 0.15) is 17.7 Å². The lowest BCUT2D eigenvalue weighted by Gasteiger charge is -2.13. The average molecular weight is 334 g/mol. The molecule has 0 fully saturated rings. The van der Waals surface area contributed by atoms with Gasteiger partial charge < -0.3 is 10.4 Å². The summed E-state index contributed by atoms with van der Waals surface area (Å²) in [6.07, 6.45) is -0.0564. The summed E-state index contributed by atoms with van der Waals surface area (Å²) < 4.78 is 28.0. The van der Waals surface area contributed by atoms with E-state index in [1.54, 1.807) is 6.07 Å². The topological polar surface area (TPSA) is 62.2 Å². The normalized spacial score (nSPS) is 12.3. The van der Waals surface area contributed by atoms with Gasteiger partial charge in [0.2, 0.25) is 0 Å². The third-order valence-corrected chi connectivity index (χ3v) is 4.21. The van der Waals surface area contributed by atoms with Crippen LogP contribution in [0.4, 0.5) is 8.78 Å². The summed E-state index contributed by atoms with van der Waals surface area (Å²) in [6.45, 7) is -0.306. The first kappa shape index (κ1) is 15.5. The molecule has 2 aromatic heterocycles. The maximum Gasteiger partial charge on any atom is 0.252 e. The number of aliphatic hydroxyl groups excluding tert-OH is 1. The average Bonchev–Trinajstić information content (AvgIpc) is 3.00. The Labute approximate surface area is 134 Å². The number of hydrogen-bond acceptors (Lipinski definition) is 4. The van der Waals surface area contributed by atoms with E-state index in [1.165, 1.54) is 23.6 Å². The van der Waals surface area contributed by atoms with Crippen molar-refractivity contribution in [3.05, 3.63) is 64.7 Å². The van der Waals surface area contributed by atoms with E-state index in [1.807, 2.05) is 11.4 Å². The summed E-state index contributed by atoms with van der Waals surface area (Å²) in [5.74, 6) is -2.18. The predicted molar refractivity (Wildman–Crippen MR) is 83.3 cm³/mol. The molecule has 7 heteroatoms. The van der Waals surface area contributed by atoms with E-state index < -0.39 is 29.2 Å².